The van der Waals surface area contributed by atoms with Crippen LogP contribution in [-0.4, -0.2) is 190 Å². The summed E-state index contributed by atoms with van der Waals surface area (Å²) < 4.78 is 58.4. The molecule has 0 bridgehead atoms. The highest BCUT2D eigenvalue weighted by Gasteiger charge is 2.54. The Labute approximate surface area is 478 Å². The van der Waals surface area contributed by atoms with Crippen LogP contribution in [0, 0.1) is 24.7 Å². The molecule has 0 radical (unpaired) electrons. The van der Waals surface area contributed by atoms with Crippen LogP contribution in [0.15, 0.2) is 54.7 Å². The van der Waals surface area contributed by atoms with Gasteiger partial charge in [-0.3, -0.25) is 9.69 Å². The second-order valence-electron chi connectivity index (χ2n) is 23.9. The first kappa shape index (κ1) is 65.1. The Hall–Kier alpha value is -5.01. The Morgan fingerprint density at radius 1 is 0.852 bits per heavy atom. The van der Waals surface area contributed by atoms with Gasteiger partial charge in [-0.25, -0.2) is 14.3 Å². The molecule has 0 spiro atoms. The molecule has 3 saturated heterocycles. The van der Waals surface area contributed by atoms with Crippen molar-refractivity contribution < 1.29 is 72.3 Å². The van der Waals surface area contributed by atoms with Crippen molar-refractivity contribution in [3.63, 3.8) is 0 Å². The van der Waals surface area contributed by atoms with E-state index in [0.717, 1.165) is 16.7 Å². The summed E-state index contributed by atoms with van der Waals surface area (Å²) in [7, 11) is 8.65. The van der Waals surface area contributed by atoms with Crippen LogP contribution in [0.2, 0.25) is 0 Å². The fourth-order valence-corrected chi connectivity index (χ4v) is 11.9. The third kappa shape index (κ3) is 16.6. The molecule has 1 aromatic heterocycles. The summed E-state index contributed by atoms with van der Waals surface area (Å²) in [5.41, 5.74) is -1.35. The van der Waals surface area contributed by atoms with Crippen molar-refractivity contribution in [2.45, 2.75) is 212 Å². The quantitative estimate of drug-likeness (QED) is 0.0848. The summed E-state index contributed by atoms with van der Waals surface area (Å²) in [6.45, 7) is 20.6. The number of nitrogens with one attached hydrogen (secondary N) is 2. The smallest absolute Gasteiger partial charge is 0.407 e. The normalized spacial score (nSPS) is 35.7. The maximum absolute atomic E-state index is 15.0. The average molecular weight is 1140 g/mol. The lowest BCUT2D eigenvalue weighted by atomic mass is 9.77. The van der Waals surface area contributed by atoms with E-state index >= 15 is 4.79 Å². The molecule has 3 aliphatic heterocycles. The molecule has 2 amide bonds. The highest BCUT2D eigenvalue weighted by Crippen LogP contribution is 2.41. The molecule has 4 heterocycles. The number of benzene rings is 2. The number of nitrogens with zero attached hydrogens (tertiary/aromatic N) is 5. The van der Waals surface area contributed by atoms with Crippen molar-refractivity contribution in [2.75, 3.05) is 41.9 Å². The number of aryl methyl sites for hydroxylation is 1. The van der Waals surface area contributed by atoms with E-state index in [1.807, 2.05) is 95.0 Å². The van der Waals surface area contributed by atoms with E-state index in [0.29, 0.717) is 31.0 Å². The first-order valence-corrected chi connectivity index (χ1v) is 28.4. The van der Waals surface area contributed by atoms with Crippen molar-refractivity contribution in [1.29, 1.82) is 0 Å². The van der Waals surface area contributed by atoms with E-state index in [2.05, 4.69) is 20.9 Å². The molecule has 81 heavy (non-hydrogen) atoms. The maximum atomic E-state index is 15.0. The summed E-state index contributed by atoms with van der Waals surface area (Å²) in [6.07, 6.45) is -9.35. The topological polar surface area (TPSA) is 256 Å². The summed E-state index contributed by atoms with van der Waals surface area (Å²) in [6, 6.07) is 14.3. The lowest BCUT2D eigenvalue weighted by molar-refractivity contribution is -0.317. The zero-order chi connectivity index (χ0) is 59.7. The van der Waals surface area contributed by atoms with E-state index < -0.39 is 108 Å². The Morgan fingerprint density at radius 2 is 1.48 bits per heavy atom. The number of cyclic esters (lactones) is 1. The first-order valence-electron chi connectivity index (χ1n) is 28.4. The largest absolute Gasteiger partial charge is 0.497 e. The molecule has 6 rings (SSSR count). The van der Waals surface area contributed by atoms with Crippen molar-refractivity contribution in [3.05, 3.63) is 77.1 Å². The molecule has 22 nitrogen and oxygen atoms in total. The minimum atomic E-state index is -1.96. The van der Waals surface area contributed by atoms with E-state index in [1.165, 1.54) is 14.0 Å². The molecular formula is C59H93N7O15. The zero-order valence-corrected chi connectivity index (χ0v) is 50.5. The van der Waals surface area contributed by atoms with Gasteiger partial charge < -0.3 is 73.5 Å². The minimum absolute atomic E-state index is 0.00556. The monoisotopic (exact) mass is 1140 g/mol. The average Bonchev–Trinajstić information content (AvgIpc) is 3.88. The van der Waals surface area contributed by atoms with E-state index in [-0.39, 0.29) is 50.4 Å². The van der Waals surface area contributed by atoms with E-state index in [1.54, 1.807) is 71.7 Å². The van der Waals surface area contributed by atoms with Crippen LogP contribution in [0.3, 0.4) is 0 Å². The molecule has 5 N–H and O–H groups in total. The van der Waals surface area contributed by atoms with Crippen LogP contribution in [0.5, 0.6) is 5.75 Å². The number of esters is 1. The standard InChI is InChI=1S/C59H93N7O15/c1-17-46-59(11,72)51(80-55(69)60-29-41-22-24-44(73-15)25-23-41)39(7)65(14)31-35(3)27-57(9,71)50(79-54-48(67)45(64(12)13)26-36(4)75-54)37(5)49(38(6)53(68)77-46)78-47-28-58(10,74-16)52(40(8)76-47)81-56(70)61-30-43-33-66(63-62-43)32-42-20-18-34(2)19-21-42/h18-25,33,35-40,45-52,54,67,71-72H,17,26-32H2,1-16H3,(H,60,69)(H,61,70)/t35-,36-,37+,38-,39+,40+,45+,46+,47+,48-,49-,50-,51+,52+,54+,57-,58-,59-/m1/s1. The minimum Gasteiger partial charge on any atom is -0.497 e. The van der Waals surface area contributed by atoms with Crippen LogP contribution in [0.1, 0.15) is 117 Å². The third-order valence-corrected chi connectivity index (χ3v) is 16.7. The SMILES string of the molecule is CC[C@@H]1OC(=O)[C@H](C)[C@H](O[C@H]2C[C@@](C)(OC)[C@@H](OC(=O)NCc3cn(Cc4ccc(C)cc4)nn3)[C@H](C)O2)[C@H](C)[C@@H](O[C@@H]2O[C@H](C)C[C@H](N(C)C)[C@H]2O)[C@](C)(O)C[C@@H](C)CN(C)[C@@H](C)[C@H](OC(=O)NCc2ccc(OC)cc2)[C@]1(C)O. The Morgan fingerprint density at radius 3 is 2.10 bits per heavy atom. The fraction of sp³-hybridized carbons (Fsp3) is 0.712. The Balaban J connectivity index is 1.29. The van der Waals surface area contributed by atoms with E-state index in [4.69, 9.17) is 42.6 Å². The molecule has 454 valence electrons. The number of carbonyl (C=O) groups excluding carboxylic acids is 3. The van der Waals surface area contributed by atoms with Gasteiger partial charge in [0.05, 0.1) is 62.3 Å². The number of aromatic nitrogens is 3. The lowest BCUT2D eigenvalue weighted by Crippen LogP contribution is -2.61. The molecule has 18 atom stereocenters. The Bertz CT molecular complexity index is 2480. The number of hydrogen-bond acceptors (Lipinski definition) is 19. The molecule has 3 aliphatic rings. The van der Waals surface area contributed by atoms with Gasteiger partial charge in [-0.15, -0.1) is 5.10 Å². The molecule has 0 unspecified atom stereocenters. The first-order chi connectivity index (χ1) is 38.1. The number of likely N-dealkylation sites (N-methyl/N-ethyl adjacent to an activating group) is 2. The maximum Gasteiger partial charge on any atom is 0.407 e. The van der Waals surface area contributed by atoms with Gasteiger partial charge in [0, 0.05) is 44.6 Å². The third-order valence-electron chi connectivity index (χ3n) is 16.7. The molecule has 3 aromatic rings. The molecule has 22 heteroatoms. The number of aliphatic hydroxyl groups excluding tert-OH is 1. The molecule has 2 aromatic carbocycles. The number of aliphatic hydroxyl groups is 3. The van der Waals surface area contributed by atoms with Gasteiger partial charge >= 0.3 is 18.2 Å². The summed E-state index contributed by atoms with van der Waals surface area (Å²) in [4.78, 5) is 46.2. The summed E-state index contributed by atoms with van der Waals surface area (Å²) in [5, 5.41) is 51.6. The molecule has 3 fully saturated rings. The van der Waals surface area contributed by atoms with Gasteiger partial charge in [-0.05, 0) is 125 Å². The van der Waals surface area contributed by atoms with Crippen molar-refractivity contribution in [1.82, 2.24) is 35.4 Å². The van der Waals surface area contributed by atoms with Crippen molar-refractivity contribution in [3.8, 4) is 5.75 Å². The molecule has 0 saturated carbocycles. The summed E-state index contributed by atoms with van der Waals surface area (Å²) >= 11 is 0. The van der Waals surface area contributed by atoms with Gasteiger partial charge in [0.2, 0.25) is 0 Å². The lowest BCUT2D eigenvalue weighted by Gasteiger charge is -2.49. The molecule has 0 aliphatic carbocycles. The number of rotatable bonds is 16. The van der Waals surface area contributed by atoms with Gasteiger partial charge in [-0.1, -0.05) is 67.9 Å². The van der Waals surface area contributed by atoms with Crippen molar-refractivity contribution in [2.24, 2.45) is 17.8 Å². The predicted molar refractivity (Wildman–Crippen MR) is 300 cm³/mol. The number of amides is 2. The number of alkyl carbamates (subject to hydrolysis) is 2. The van der Waals surface area contributed by atoms with Crippen LogP contribution < -0.4 is 15.4 Å². The Kier molecular flexibility index (Phi) is 22.6. The second-order valence-corrected chi connectivity index (χ2v) is 23.9. The number of methoxy groups -OCH3 is 2. The van der Waals surface area contributed by atoms with Gasteiger partial charge in [0.25, 0.3) is 0 Å². The van der Waals surface area contributed by atoms with Crippen LogP contribution >= 0.6 is 0 Å². The van der Waals surface area contributed by atoms with Gasteiger partial charge in [0.1, 0.15) is 34.9 Å². The highest BCUT2D eigenvalue weighted by molar-refractivity contribution is 5.73. The van der Waals surface area contributed by atoms with Gasteiger partial charge in [-0.2, -0.15) is 0 Å². The highest BCUT2D eigenvalue weighted by atomic mass is 16.7. The van der Waals surface area contributed by atoms with Gasteiger partial charge in [0.15, 0.2) is 24.8 Å². The van der Waals surface area contributed by atoms with Crippen molar-refractivity contribution >= 4 is 18.2 Å². The molecular weight excluding hydrogens is 1050 g/mol. The fourth-order valence-electron chi connectivity index (χ4n) is 11.9. The van der Waals surface area contributed by atoms with Crippen LogP contribution in [0.25, 0.3) is 0 Å². The predicted octanol–water partition coefficient (Wildman–Crippen LogP) is 5.73. The second kappa shape index (κ2) is 28.0. The number of carbonyl (C=O) groups is 3. The van der Waals surface area contributed by atoms with E-state index in [9.17, 15) is 24.9 Å². The summed E-state index contributed by atoms with van der Waals surface area (Å²) in [5.74, 6) is -2.42. The number of ether oxygens (including phenoxy) is 9. The van der Waals surface area contributed by atoms with Crippen LogP contribution in [-0.2, 0) is 62.3 Å². The number of hydrogen-bond donors (Lipinski definition) is 5. The van der Waals surface area contributed by atoms with Crippen LogP contribution in [0.4, 0.5) is 9.59 Å². The zero-order valence-electron chi connectivity index (χ0n) is 50.5.